The monoisotopic (exact) mass is 246 g/mol. The van der Waals surface area contributed by atoms with Gasteiger partial charge >= 0.3 is 0 Å². The molecule has 0 spiro atoms. The molecule has 0 aliphatic heterocycles. The van der Waals surface area contributed by atoms with E-state index in [4.69, 9.17) is 11.0 Å². The van der Waals surface area contributed by atoms with Crippen LogP contribution in [0.5, 0.6) is 0 Å². The third-order valence-electron chi connectivity index (χ3n) is 3.07. The maximum atomic E-state index is 8.95. The number of pyridine rings is 1. The Labute approximate surface area is 109 Å². The molecule has 4 nitrogen and oxygen atoms in total. The SMILES string of the molecule is CCN(CC(C)C#N)C(c1ccncc1)C(C)N. The molecule has 0 saturated carbocycles. The number of hydrogen-bond donors (Lipinski definition) is 1. The van der Waals surface area contributed by atoms with Crippen LogP contribution in [0.1, 0.15) is 32.4 Å². The third-order valence-corrected chi connectivity index (χ3v) is 3.07. The molecule has 0 saturated heterocycles. The lowest BCUT2D eigenvalue weighted by atomic mass is 9.99. The van der Waals surface area contributed by atoms with E-state index in [-0.39, 0.29) is 18.0 Å². The van der Waals surface area contributed by atoms with E-state index in [0.29, 0.717) is 0 Å². The summed E-state index contributed by atoms with van der Waals surface area (Å²) in [6.45, 7) is 7.65. The summed E-state index contributed by atoms with van der Waals surface area (Å²) in [6, 6.07) is 6.41. The van der Waals surface area contributed by atoms with E-state index in [0.717, 1.165) is 18.7 Å². The number of nitrogens with two attached hydrogens (primary N) is 1. The van der Waals surface area contributed by atoms with Crippen LogP contribution in [-0.2, 0) is 0 Å². The fourth-order valence-corrected chi connectivity index (χ4v) is 2.24. The van der Waals surface area contributed by atoms with Gasteiger partial charge in [-0.15, -0.1) is 0 Å². The van der Waals surface area contributed by atoms with E-state index in [1.807, 2.05) is 26.0 Å². The summed E-state index contributed by atoms with van der Waals surface area (Å²) in [5.41, 5.74) is 7.28. The Kier molecular flexibility index (Phi) is 5.76. The lowest BCUT2D eigenvalue weighted by Gasteiger charge is -2.34. The van der Waals surface area contributed by atoms with Crippen molar-refractivity contribution >= 4 is 0 Å². The van der Waals surface area contributed by atoms with Gasteiger partial charge in [-0.05, 0) is 38.1 Å². The van der Waals surface area contributed by atoms with Crippen molar-refractivity contribution in [1.29, 1.82) is 5.26 Å². The van der Waals surface area contributed by atoms with E-state index >= 15 is 0 Å². The van der Waals surface area contributed by atoms with Crippen LogP contribution in [0.2, 0.25) is 0 Å². The van der Waals surface area contributed by atoms with Crippen LogP contribution in [0.25, 0.3) is 0 Å². The molecule has 0 aromatic carbocycles. The first-order valence-electron chi connectivity index (χ1n) is 6.39. The molecule has 1 aromatic rings. The molecule has 4 heteroatoms. The van der Waals surface area contributed by atoms with E-state index in [2.05, 4.69) is 22.9 Å². The Balaban J connectivity index is 2.93. The van der Waals surface area contributed by atoms with Gasteiger partial charge in [0.2, 0.25) is 0 Å². The molecule has 0 radical (unpaired) electrons. The zero-order valence-corrected chi connectivity index (χ0v) is 11.4. The first-order valence-corrected chi connectivity index (χ1v) is 6.39. The van der Waals surface area contributed by atoms with Crippen LogP contribution in [0.3, 0.4) is 0 Å². The summed E-state index contributed by atoms with van der Waals surface area (Å²) in [6.07, 6.45) is 3.57. The van der Waals surface area contributed by atoms with Gasteiger partial charge in [0.1, 0.15) is 0 Å². The molecule has 1 aromatic heterocycles. The van der Waals surface area contributed by atoms with Gasteiger partial charge in [0.15, 0.2) is 0 Å². The molecule has 18 heavy (non-hydrogen) atoms. The van der Waals surface area contributed by atoms with Crippen LogP contribution in [0, 0.1) is 17.2 Å². The van der Waals surface area contributed by atoms with Gasteiger partial charge in [0.05, 0.1) is 12.0 Å². The van der Waals surface area contributed by atoms with Gasteiger partial charge in [0, 0.05) is 31.0 Å². The largest absolute Gasteiger partial charge is 0.326 e. The number of likely N-dealkylation sites (N-methyl/N-ethyl adjacent to an activating group) is 1. The van der Waals surface area contributed by atoms with Gasteiger partial charge in [0.25, 0.3) is 0 Å². The second kappa shape index (κ2) is 7.10. The Morgan fingerprint density at radius 2 is 2.00 bits per heavy atom. The average molecular weight is 246 g/mol. The highest BCUT2D eigenvalue weighted by atomic mass is 15.2. The van der Waals surface area contributed by atoms with E-state index in [1.165, 1.54) is 0 Å². The number of aromatic nitrogens is 1. The average Bonchev–Trinajstić information content (AvgIpc) is 2.38. The van der Waals surface area contributed by atoms with Crippen LogP contribution < -0.4 is 5.73 Å². The van der Waals surface area contributed by atoms with Crippen molar-refractivity contribution in [2.75, 3.05) is 13.1 Å². The van der Waals surface area contributed by atoms with Crippen LogP contribution in [-0.4, -0.2) is 29.0 Å². The molecule has 2 N–H and O–H groups in total. The zero-order valence-electron chi connectivity index (χ0n) is 11.4. The van der Waals surface area contributed by atoms with Crippen molar-refractivity contribution < 1.29 is 0 Å². The fraction of sp³-hybridized carbons (Fsp3) is 0.571. The van der Waals surface area contributed by atoms with Crippen molar-refractivity contribution in [1.82, 2.24) is 9.88 Å². The fourth-order valence-electron chi connectivity index (χ4n) is 2.24. The second-order valence-corrected chi connectivity index (χ2v) is 4.70. The molecule has 98 valence electrons. The summed E-state index contributed by atoms with van der Waals surface area (Å²) >= 11 is 0. The smallest absolute Gasteiger partial charge is 0.0666 e. The second-order valence-electron chi connectivity index (χ2n) is 4.70. The predicted octanol–water partition coefficient (Wildman–Crippen LogP) is 1.95. The van der Waals surface area contributed by atoms with Crippen molar-refractivity contribution in [3.63, 3.8) is 0 Å². The van der Waals surface area contributed by atoms with Crippen LogP contribution in [0.4, 0.5) is 0 Å². The Morgan fingerprint density at radius 3 is 2.44 bits per heavy atom. The topological polar surface area (TPSA) is 65.9 Å². The number of rotatable bonds is 6. The molecule has 3 atom stereocenters. The van der Waals surface area contributed by atoms with E-state index in [9.17, 15) is 0 Å². The van der Waals surface area contributed by atoms with Gasteiger partial charge in [-0.25, -0.2) is 0 Å². The summed E-state index contributed by atoms with van der Waals surface area (Å²) in [4.78, 5) is 6.30. The van der Waals surface area contributed by atoms with Crippen molar-refractivity contribution in [2.24, 2.45) is 11.7 Å². The minimum absolute atomic E-state index is 0.00744. The highest BCUT2D eigenvalue weighted by Crippen LogP contribution is 2.23. The molecular formula is C14H22N4. The maximum absolute atomic E-state index is 8.95. The predicted molar refractivity (Wildman–Crippen MR) is 72.7 cm³/mol. The molecule has 0 amide bonds. The molecule has 0 aliphatic rings. The lowest BCUT2D eigenvalue weighted by Crippen LogP contribution is -2.41. The zero-order chi connectivity index (χ0) is 13.5. The van der Waals surface area contributed by atoms with Gasteiger partial charge in [-0.3, -0.25) is 9.88 Å². The van der Waals surface area contributed by atoms with E-state index < -0.39 is 0 Å². The third kappa shape index (κ3) is 3.80. The minimum Gasteiger partial charge on any atom is -0.326 e. The van der Waals surface area contributed by atoms with Crippen LogP contribution >= 0.6 is 0 Å². The summed E-state index contributed by atoms with van der Waals surface area (Å²) in [5, 5.41) is 8.95. The molecule has 0 fully saturated rings. The molecule has 0 bridgehead atoms. The number of nitriles is 1. The summed E-state index contributed by atoms with van der Waals surface area (Å²) in [7, 11) is 0. The standard InChI is InChI=1S/C14H22N4/c1-4-18(10-11(2)9-15)14(12(3)16)13-5-7-17-8-6-13/h5-8,11-12,14H,4,10,16H2,1-3H3. The van der Waals surface area contributed by atoms with Crippen molar-refractivity contribution in [3.05, 3.63) is 30.1 Å². The maximum Gasteiger partial charge on any atom is 0.0666 e. The van der Waals surface area contributed by atoms with Gasteiger partial charge in [-0.1, -0.05) is 6.92 Å². The number of nitrogens with zero attached hydrogens (tertiary/aromatic N) is 3. The first kappa shape index (κ1) is 14.6. The van der Waals surface area contributed by atoms with E-state index in [1.54, 1.807) is 12.4 Å². The van der Waals surface area contributed by atoms with Gasteiger partial charge < -0.3 is 5.73 Å². The highest BCUT2D eigenvalue weighted by Gasteiger charge is 2.24. The van der Waals surface area contributed by atoms with Crippen molar-refractivity contribution in [3.8, 4) is 6.07 Å². The molecule has 0 aliphatic carbocycles. The molecule has 1 rings (SSSR count). The van der Waals surface area contributed by atoms with Crippen LogP contribution in [0.15, 0.2) is 24.5 Å². The summed E-state index contributed by atoms with van der Waals surface area (Å²) < 4.78 is 0. The summed E-state index contributed by atoms with van der Waals surface area (Å²) in [5.74, 6) is 0.00744. The Bertz CT molecular complexity index is 383. The molecular weight excluding hydrogens is 224 g/mol. The van der Waals surface area contributed by atoms with Gasteiger partial charge in [-0.2, -0.15) is 5.26 Å². The minimum atomic E-state index is 0.00744. The molecule has 1 heterocycles. The first-order chi connectivity index (χ1) is 8.60. The molecule has 3 unspecified atom stereocenters. The lowest BCUT2D eigenvalue weighted by molar-refractivity contribution is 0.173. The van der Waals surface area contributed by atoms with Crippen molar-refractivity contribution in [2.45, 2.75) is 32.9 Å². The Hall–Kier alpha value is -1.44. The Morgan fingerprint density at radius 1 is 1.39 bits per heavy atom. The normalized spacial score (nSPS) is 16.0. The quantitative estimate of drug-likeness (QED) is 0.833. The highest BCUT2D eigenvalue weighted by molar-refractivity contribution is 5.17. The number of hydrogen-bond acceptors (Lipinski definition) is 4.